The molecule has 0 spiro atoms. The maximum absolute atomic E-state index is 4.80. The first kappa shape index (κ1) is 21.4. The van der Waals surface area contributed by atoms with Gasteiger partial charge in [-0.15, -0.1) is 24.0 Å². The maximum atomic E-state index is 4.80. The molecule has 0 saturated carbocycles. The summed E-state index contributed by atoms with van der Waals surface area (Å²) in [6.07, 6.45) is 6.88. The quantitative estimate of drug-likeness (QED) is 0.352. The van der Waals surface area contributed by atoms with Crippen LogP contribution < -0.4 is 10.6 Å². The van der Waals surface area contributed by atoms with Crippen LogP contribution in [0.2, 0.25) is 0 Å². The molecule has 0 aromatic carbocycles. The zero-order chi connectivity index (χ0) is 15.6. The zero-order valence-electron chi connectivity index (χ0n) is 14.9. The van der Waals surface area contributed by atoms with Crippen molar-refractivity contribution < 1.29 is 0 Å². The van der Waals surface area contributed by atoms with Gasteiger partial charge in [-0.1, -0.05) is 13.3 Å². The van der Waals surface area contributed by atoms with Crippen molar-refractivity contribution in [1.82, 2.24) is 15.5 Å². The average molecular weight is 454 g/mol. The van der Waals surface area contributed by atoms with Crippen LogP contribution in [0.25, 0.3) is 0 Å². The van der Waals surface area contributed by atoms with E-state index in [1.165, 1.54) is 57.5 Å². The Balaban J connectivity index is 0.00000264. The number of hydrogen-bond acceptors (Lipinski definition) is 3. The molecule has 0 aliphatic carbocycles. The summed E-state index contributed by atoms with van der Waals surface area (Å²) in [6, 6.07) is 0. The maximum Gasteiger partial charge on any atom is 0.191 e. The molecule has 2 aliphatic rings. The standard InChI is InChI=1S/C17H34N4S.HI/c1-3-18-17(20-13-16-8-7-11-22-16)19-12-15(2)14-21-9-5-4-6-10-21;/h15-16H,3-14H2,1-2H3,(H2,18,19,20);1H. The third kappa shape index (κ3) is 8.82. The fraction of sp³-hybridized carbons (Fsp3) is 0.941. The van der Waals surface area contributed by atoms with E-state index in [0.717, 1.165) is 30.8 Å². The lowest BCUT2D eigenvalue weighted by molar-refractivity contribution is 0.203. The van der Waals surface area contributed by atoms with E-state index in [0.29, 0.717) is 5.92 Å². The fourth-order valence-corrected chi connectivity index (χ4v) is 4.45. The van der Waals surface area contributed by atoms with Crippen LogP contribution in [0.5, 0.6) is 0 Å². The number of halogens is 1. The van der Waals surface area contributed by atoms with Gasteiger partial charge in [-0.2, -0.15) is 11.8 Å². The minimum Gasteiger partial charge on any atom is -0.357 e. The second kappa shape index (κ2) is 12.6. The average Bonchev–Trinajstić information content (AvgIpc) is 3.04. The molecule has 0 aromatic heterocycles. The normalized spacial score (nSPS) is 24.1. The van der Waals surface area contributed by atoms with Crippen molar-refractivity contribution in [3.63, 3.8) is 0 Å². The summed E-state index contributed by atoms with van der Waals surface area (Å²) in [5, 5.41) is 7.68. The number of nitrogens with zero attached hydrogens (tertiary/aromatic N) is 2. The van der Waals surface area contributed by atoms with Crippen LogP contribution in [-0.4, -0.2) is 61.1 Å². The van der Waals surface area contributed by atoms with Crippen LogP contribution >= 0.6 is 35.7 Å². The Morgan fingerprint density at radius 3 is 2.65 bits per heavy atom. The van der Waals surface area contributed by atoms with Crippen molar-refractivity contribution in [2.75, 3.05) is 45.0 Å². The minimum atomic E-state index is 0. The van der Waals surface area contributed by atoms with Crippen molar-refractivity contribution in [2.45, 2.75) is 51.2 Å². The number of piperidine rings is 1. The second-order valence-electron chi connectivity index (χ2n) is 6.70. The highest BCUT2D eigenvalue weighted by molar-refractivity contribution is 14.0. The number of likely N-dealkylation sites (tertiary alicyclic amines) is 1. The Kier molecular flexibility index (Phi) is 11.7. The van der Waals surface area contributed by atoms with Gasteiger partial charge >= 0.3 is 0 Å². The largest absolute Gasteiger partial charge is 0.357 e. The van der Waals surface area contributed by atoms with Crippen molar-refractivity contribution in [3.05, 3.63) is 0 Å². The lowest BCUT2D eigenvalue weighted by atomic mass is 10.1. The van der Waals surface area contributed by atoms with Crippen molar-refractivity contribution in [3.8, 4) is 0 Å². The lowest BCUT2D eigenvalue weighted by Crippen LogP contribution is -2.41. The van der Waals surface area contributed by atoms with Crippen LogP contribution in [0.3, 0.4) is 0 Å². The van der Waals surface area contributed by atoms with E-state index in [1.807, 2.05) is 0 Å². The number of guanidine groups is 1. The van der Waals surface area contributed by atoms with Gasteiger partial charge in [-0.25, -0.2) is 0 Å². The summed E-state index contributed by atoms with van der Waals surface area (Å²) in [5.74, 6) is 2.96. The molecule has 2 fully saturated rings. The third-order valence-electron chi connectivity index (χ3n) is 4.45. The topological polar surface area (TPSA) is 39.7 Å². The third-order valence-corrected chi connectivity index (χ3v) is 5.84. The summed E-state index contributed by atoms with van der Waals surface area (Å²) >= 11 is 2.10. The molecule has 0 amide bonds. The molecule has 2 rings (SSSR count). The predicted octanol–water partition coefficient (Wildman–Crippen LogP) is 3.18. The molecule has 4 nitrogen and oxygen atoms in total. The SMILES string of the molecule is CCNC(=NCC(C)CN1CCCCC1)NCC1CCCS1.I. The van der Waals surface area contributed by atoms with Crippen LogP contribution in [0.4, 0.5) is 0 Å². The highest BCUT2D eigenvalue weighted by atomic mass is 127. The fourth-order valence-electron chi connectivity index (χ4n) is 3.25. The predicted molar refractivity (Wildman–Crippen MR) is 114 cm³/mol. The molecule has 2 unspecified atom stereocenters. The smallest absolute Gasteiger partial charge is 0.191 e. The van der Waals surface area contributed by atoms with Gasteiger partial charge in [0.1, 0.15) is 0 Å². The Labute approximate surface area is 164 Å². The monoisotopic (exact) mass is 454 g/mol. The van der Waals surface area contributed by atoms with Crippen molar-refractivity contribution in [1.29, 1.82) is 0 Å². The van der Waals surface area contributed by atoms with Gasteiger partial charge in [0.25, 0.3) is 0 Å². The molecular formula is C17H35IN4S. The summed E-state index contributed by atoms with van der Waals surface area (Å²) in [7, 11) is 0. The Morgan fingerprint density at radius 2 is 2.00 bits per heavy atom. The van der Waals surface area contributed by atoms with E-state index < -0.39 is 0 Å². The number of hydrogen-bond donors (Lipinski definition) is 2. The van der Waals surface area contributed by atoms with Crippen LogP contribution in [0, 0.1) is 5.92 Å². The highest BCUT2D eigenvalue weighted by Crippen LogP contribution is 2.25. The molecule has 2 heterocycles. The van der Waals surface area contributed by atoms with Gasteiger partial charge in [0.2, 0.25) is 0 Å². The molecule has 2 aliphatic heterocycles. The molecule has 2 saturated heterocycles. The van der Waals surface area contributed by atoms with E-state index in [-0.39, 0.29) is 24.0 Å². The van der Waals surface area contributed by atoms with Crippen molar-refractivity contribution >= 4 is 41.7 Å². The summed E-state index contributed by atoms with van der Waals surface area (Å²) in [5.41, 5.74) is 0. The van der Waals surface area contributed by atoms with E-state index in [1.54, 1.807) is 0 Å². The van der Waals surface area contributed by atoms with Gasteiger partial charge in [0, 0.05) is 31.4 Å². The van der Waals surface area contributed by atoms with E-state index in [4.69, 9.17) is 4.99 Å². The van der Waals surface area contributed by atoms with E-state index in [2.05, 4.69) is 41.1 Å². The Morgan fingerprint density at radius 1 is 1.22 bits per heavy atom. The summed E-state index contributed by atoms with van der Waals surface area (Å²) in [6.45, 7) is 11.1. The molecule has 2 atom stereocenters. The summed E-state index contributed by atoms with van der Waals surface area (Å²) in [4.78, 5) is 7.41. The number of rotatable bonds is 7. The Hall–Kier alpha value is 0.310. The number of nitrogens with one attached hydrogen (secondary N) is 2. The number of aliphatic imine (C=N–C) groups is 1. The molecule has 2 N–H and O–H groups in total. The molecular weight excluding hydrogens is 419 g/mol. The molecule has 0 aromatic rings. The second-order valence-corrected chi connectivity index (χ2v) is 8.11. The van der Waals surface area contributed by atoms with Crippen LogP contribution in [0.15, 0.2) is 4.99 Å². The molecule has 6 heteroatoms. The first-order valence-electron chi connectivity index (χ1n) is 9.14. The molecule has 0 radical (unpaired) electrons. The first-order valence-corrected chi connectivity index (χ1v) is 10.2. The van der Waals surface area contributed by atoms with Crippen molar-refractivity contribution in [2.24, 2.45) is 10.9 Å². The highest BCUT2D eigenvalue weighted by Gasteiger charge is 2.16. The van der Waals surface area contributed by atoms with Gasteiger partial charge in [-0.05, 0) is 57.4 Å². The van der Waals surface area contributed by atoms with Gasteiger partial charge in [0.05, 0.1) is 0 Å². The van der Waals surface area contributed by atoms with Gasteiger partial charge in [-0.3, -0.25) is 4.99 Å². The van der Waals surface area contributed by atoms with E-state index >= 15 is 0 Å². The minimum absolute atomic E-state index is 0. The van der Waals surface area contributed by atoms with Gasteiger partial charge in [0.15, 0.2) is 5.96 Å². The molecule has 23 heavy (non-hydrogen) atoms. The molecule has 0 bridgehead atoms. The summed E-state index contributed by atoms with van der Waals surface area (Å²) < 4.78 is 0. The zero-order valence-corrected chi connectivity index (χ0v) is 18.0. The molecule has 136 valence electrons. The van der Waals surface area contributed by atoms with E-state index in [9.17, 15) is 0 Å². The van der Waals surface area contributed by atoms with Gasteiger partial charge < -0.3 is 15.5 Å². The number of thioether (sulfide) groups is 1. The first-order chi connectivity index (χ1) is 10.8. The van der Waals surface area contributed by atoms with Crippen LogP contribution in [-0.2, 0) is 0 Å². The Bertz CT molecular complexity index is 329. The van der Waals surface area contributed by atoms with Crippen LogP contribution in [0.1, 0.15) is 46.0 Å². The lowest BCUT2D eigenvalue weighted by Gasteiger charge is -2.28.